The molecule has 1 aromatic heterocycles. The summed E-state index contributed by atoms with van der Waals surface area (Å²) >= 11 is 3.38. The molecule has 3 rings (SSSR count). The van der Waals surface area contributed by atoms with Gasteiger partial charge in [-0.25, -0.2) is 4.98 Å². The summed E-state index contributed by atoms with van der Waals surface area (Å²) in [5, 5.41) is 3.51. The molecule has 1 aliphatic heterocycles. The van der Waals surface area contributed by atoms with Gasteiger partial charge in [0.05, 0.1) is 0 Å². The van der Waals surface area contributed by atoms with E-state index in [9.17, 15) is 0 Å². The second-order valence-corrected chi connectivity index (χ2v) is 5.86. The fraction of sp³-hybridized carbons (Fsp3) is 0.500. The van der Waals surface area contributed by atoms with Crippen molar-refractivity contribution >= 4 is 21.5 Å². The highest BCUT2D eigenvalue weighted by molar-refractivity contribution is 9.10. The smallest absolute Gasteiger partial charge is 0.106 e. The zero-order chi connectivity index (χ0) is 11.7. The topological polar surface area (TPSA) is 24.9 Å². The minimum atomic E-state index is 0.826. The maximum Gasteiger partial charge on any atom is 0.106 e. The highest BCUT2D eigenvalue weighted by Gasteiger charge is 2.28. The van der Waals surface area contributed by atoms with Gasteiger partial charge in [-0.1, -0.05) is 12.1 Å². The summed E-state index contributed by atoms with van der Waals surface area (Å²) in [6.07, 6.45) is 8.20. The van der Waals surface area contributed by atoms with Crippen LogP contribution in [-0.2, 0) is 0 Å². The summed E-state index contributed by atoms with van der Waals surface area (Å²) < 4.78 is 0.912. The summed E-state index contributed by atoms with van der Waals surface area (Å²) in [5.74, 6) is 1.73. The lowest BCUT2D eigenvalue weighted by Crippen LogP contribution is -2.37. The molecule has 17 heavy (non-hydrogen) atoms. The third kappa shape index (κ3) is 2.45. The number of nitrogens with zero attached hydrogens (tertiary/aromatic N) is 1. The van der Waals surface area contributed by atoms with Crippen molar-refractivity contribution in [3.8, 4) is 0 Å². The highest BCUT2D eigenvalue weighted by atomic mass is 79.9. The molecule has 0 aromatic carbocycles. The van der Waals surface area contributed by atoms with Crippen LogP contribution in [0.3, 0.4) is 0 Å². The molecule has 3 heteroatoms. The number of aromatic nitrogens is 1. The molecule has 2 atom stereocenters. The minimum absolute atomic E-state index is 0.826. The average Bonchev–Trinajstić information content (AvgIpc) is 2.39. The monoisotopic (exact) mass is 292 g/mol. The van der Waals surface area contributed by atoms with E-state index < -0.39 is 0 Å². The Balaban J connectivity index is 1.80. The van der Waals surface area contributed by atoms with Crippen LogP contribution in [0.25, 0.3) is 5.57 Å². The first-order valence-electron chi connectivity index (χ1n) is 6.34. The van der Waals surface area contributed by atoms with Gasteiger partial charge in [-0.05, 0) is 77.3 Å². The van der Waals surface area contributed by atoms with E-state index in [0.29, 0.717) is 0 Å². The Morgan fingerprint density at radius 1 is 1.29 bits per heavy atom. The van der Waals surface area contributed by atoms with E-state index in [4.69, 9.17) is 0 Å². The lowest BCUT2D eigenvalue weighted by molar-refractivity contribution is 0.252. The third-order valence-corrected chi connectivity index (χ3v) is 4.48. The fourth-order valence-corrected chi connectivity index (χ4v) is 3.22. The van der Waals surface area contributed by atoms with Gasteiger partial charge >= 0.3 is 0 Å². The van der Waals surface area contributed by atoms with Crippen molar-refractivity contribution in [2.24, 2.45) is 11.8 Å². The number of pyridine rings is 1. The molecule has 0 spiro atoms. The van der Waals surface area contributed by atoms with E-state index in [-0.39, 0.29) is 0 Å². The van der Waals surface area contributed by atoms with Gasteiger partial charge in [0, 0.05) is 6.20 Å². The molecule has 1 saturated heterocycles. The second-order valence-electron chi connectivity index (χ2n) is 5.05. The van der Waals surface area contributed by atoms with Gasteiger partial charge < -0.3 is 5.32 Å². The lowest BCUT2D eigenvalue weighted by atomic mass is 9.75. The van der Waals surface area contributed by atoms with Crippen LogP contribution in [0.1, 0.15) is 24.8 Å². The van der Waals surface area contributed by atoms with E-state index in [0.717, 1.165) is 16.4 Å². The predicted molar refractivity (Wildman–Crippen MR) is 73.6 cm³/mol. The second kappa shape index (κ2) is 4.91. The summed E-state index contributed by atoms with van der Waals surface area (Å²) in [6.45, 7) is 2.39. The summed E-state index contributed by atoms with van der Waals surface area (Å²) in [4.78, 5) is 4.32. The molecule has 2 nitrogen and oxygen atoms in total. The minimum Gasteiger partial charge on any atom is -0.316 e. The average molecular weight is 293 g/mol. The van der Waals surface area contributed by atoms with E-state index in [1.54, 1.807) is 0 Å². The molecule has 0 unspecified atom stereocenters. The first kappa shape index (κ1) is 11.4. The van der Waals surface area contributed by atoms with Crippen molar-refractivity contribution in [3.05, 3.63) is 34.6 Å². The maximum atomic E-state index is 4.32. The molecule has 0 amide bonds. The highest BCUT2D eigenvalue weighted by Crippen LogP contribution is 2.37. The van der Waals surface area contributed by atoms with Crippen LogP contribution >= 0.6 is 15.9 Å². The molecule has 90 valence electrons. The molecular weight excluding hydrogens is 276 g/mol. The standard InChI is InChI=1S/C14H17BrN2/c15-14-4-3-12(9-17-14)11-2-1-10-5-6-16-8-13(10)7-11/h2-4,9-10,13,16H,1,5-8H2/t10-,13+/m0/s1. The van der Waals surface area contributed by atoms with Crippen LogP contribution in [0.2, 0.25) is 0 Å². The number of nitrogens with one attached hydrogen (secondary N) is 1. The molecule has 1 fully saturated rings. The van der Waals surface area contributed by atoms with Gasteiger partial charge in [-0.15, -0.1) is 0 Å². The maximum absolute atomic E-state index is 4.32. The molecule has 2 heterocycles. The molecule has 1 aromatic rings. The number of halogens is 1. The van der Waals surface area contributed by atoms with Crippen LogP contribution in [0.4, 0.5) is 0 Å². The number of piperidine rings is 1. The van der Waals surface area contributed by atoms with Crippen molar-refractivity contribution in [1.82, 2.24) is 10.3 Å². The van der Waals surface area contributed by atoms with Crippen molar-refractivity contribution in [2.45, 2.75) is 19.3 Å². The van der Waals surface area contributed by atoms with Gasteiger partial charge in [0.25, 0.3) is 0 Å². The van der Waals surface area contributed by atoms with Crippen molar-refractivity contribution in [1.29, 1.82) is 0 Å². The Morgan fingerprint density at radius 3 is 3.06 bits per heavy atom. The number of fused-ring (bicyclic) bond motifs is 1. The Morgan fingerprint density at radius 2 is 2.24 bits per heavy atom. The van der Waals surface area contributed by atoms with Crippen LogP contribution < -0.4 is 5.32 Å². The molecule has 0 radical (unpaired) electrons. The Kier molecular flexibility index (Phi) is 3.30. The van der Waals surface area contributed by atoms with E-state index >= 15 is 0 Å². The van der Waals surface area contributed by atoms with E-state index in [2.05, 4.69) is 38.4 Å². The first-order chi connectivity index (χ1) is 8.33. The molecule has 2 aliphatic rings. The number of rotatable bonds is 1. The van der Waals surface area contributed by atoms with Crippen molar-refractivity contribution < 1.29 is 0 Å². The third-order valence-electron chi connectivity index (χ3n) is 4.01. The SMILES string of the molecule is Brc1ccc(C2=CC[C@H]3CCNC[C@H]3C2)cn1. The summed E-state index contributed by atoms with van der Waals surface area (Å²) in [6, 6.07) is 4.20. The largest absolute Gasteiger partial charge is 0.316 e. The Labute approximate surface area is 111 Å². The lowest BCUT2D eigenvalue weighted by Gasteiger charge is -2.35. The zero-order valence-electron chi connectivity index (χ0n) is 9.82. The van der Waals surface area contributed by atoms with Crippen LogP contribution in [-0.4, -0.2) is 18.1 Å². The van der Waals surface area contributed by atoms with Gasteiger partial charge in [0.15, 0.2) is 0 Å². The molecule has 1 aliphatic carbocycles. The fourth-order valence-electron chi connectivity index (χ4n) is 2.99. The van der Waals surface area contributed by atoms with Crippen LogP contribution in [0, 0.1) is 11.8 Å². The van der Waals surface area contributed by atoms with E-state index in [1.165, 1.54) is 43.5 Å². The summed E-state index contributed by atoms with van der Waals surface area (Å²) in [7, 11) is 0. The normalized spacial score (nSPS) is 28.4. The summed E-state index contributed by atoms with van der Waals surface area (Å²) in [5.41, 5.74) is 2.77. The van der Waals surface area contributed by atoms with Crippen molar-refractivity contribution in [3.63, 3.8) is 0 Å². The van der Waals surface area contributed by atoms with Gasteiger partial charge in [0.1, 0.15) is 4.60 Å². The number of hydrogen-bond donors (Lipinski definition) is 1. The van der Waals surface area contributed by atoms with Gasteiger partial charge in [-0.2, -0.15) is 0 Å². The number of hydrogen-bond acceptors (Lipinski definition) is 2. The predicted octanol–water partition coefficient (Wildman–Crippen LogP) is 3.25. The van der Waals surface area contributed by atoms with E-state index in [1.807, 2.05) is 12.3 Å². The quantitative estimate of drug-likeness (QED) is 0.804. The molecule has 0 saturated carbocycles. The molecule has 0 bridgehead atoms. The van der Waals surface area contributed by atoms with Crippen LogP contribution in [0.15, 0.2) is 29.0 Å². The molecular formula is C14H17BrN2. The zero-order valence-corrected chi connectivity index (χ0v) is 11.4. The first-order valence-corrected chi connectivity index (χ1v) is 7.14. The Hall–Kier alpha value is -0.670. The Bertz CT molecular complexity index is 424. The molecule has 1 N–H and O–H groups in total. The van der Waals surface area contributed by atoms with Crippen LogP contribution in [0.5, 0.6) is 0 Å². The van der Waals surface area contributed by atoms with Crippen molar-refractivity contribution in [2.75, 3.05) is 13.1 Å². The van der Waals surface area contributed by atoms with Gasteiger partial charge in [-0.3, -0.25) is 0 Å². The number of allylic oxidation sites excluding steroid dienone is 2. The van der Waals surface area contributed by atoms with Gasteiger partial charge in [0.2, 0.25) is 0 Å².